The molecule has 8 heteroatoms. The number of hydrogen-bond donors (Lipinski definition) is 1. The van der Waals surface area contributed by atoms with Crippen LogP contribution in [0, 0.1) is 0 Å². The van der Waals surface area contributed by atoms with Crippen LogP contribution in [0.3, 0.4) is 0 Å². The Bertz CT molecular complexity index is 829. The monoisotopic (exact) mass is 389 g/mol. The van der Waals surface area contributed by atoms with Gasteiger partial charge in [-0.1, -0.05) is 24.3 Å². The van der Waals surface area contributed by atoms with Crippen LogP contribution in [-0.4, -0.2) is 38.1 Å². The van der Waals surface area contributed by atoms with Crippen molar-refractivity contribution in [3.05, 3.63) is 52.2 Å². The Morgan fingerprint density at radius 2 is 1.96 bits per heavy atom. The molecule has 7 nitrogen and oxygen atoms in total. The van der Waals surface area contributed by atoms with E-state index in [-0.39, 0.29) is 0 Å². The molecular weight excluding hydrogens is 370 g/mol. The van der Waals surface area contributed by atoms with Gasteiger partial charge in [0.25, 0.3) is 11.8 Å². The molecule has 0 radical (unpaired) electrons. The summed E-state index contributed by atoms with van der Waals surface area (Å²) < 4.78 is 15.4. The van der Waals surface area contributed by atoms with Gasteiger partial charge in [-0.05, 0) is 36.1 Å². The van der Waals surface area contributed by atoms with Gasteiger partial charge in [0, 0.05) is 0 Å². The van der Waals surface area contributed by atoms with Crippen molar-refractivity contribution in [1.82, 2.24) is 5.32 Å². The van der Waals surface area contributed by atoms with Gasteiger partial charge in [-0.3, -0.25) is 14.9 Å². The normalized spacial score (nSPS) is 10.4. The van der Waals surface area contributed by atoms with E-state index in [1.165, 1.54) is 18.4 Å². The lowest BCUT2D eigenvalue weighted by atomic mass is 10.2. The van der Waals surface area contributed by atoms with Crippen molar-refractivity contribution in [2.24, 2.45) is 0 Å². The number of methoxy groups -OCH3 is 1. The molecule has 1 aromatic heterocycles. The zero-order valence-electron chi connectivity index (χ0n) is 14.9. The SMILES string of the molecule is C/C=C/c1ccc(OCC(=O)OCC(=O)NC(=O)c2cccs2)c(OC)c1. The van der Waals surface area contributed by atoms with Gasteiger partial charge in [-0.25, -0.2) is 4.79 Å². The molecule has 0 aliphatic carbocycles. The number of esters is 1. The summed E-state index contributed by atoms with van der Waals surface area (Å²) >= 11 is 1.20. The van der Waals surface area contributed by atoms with Crippen LogP contribution < -0.4 is 14.8 Å². The lowest BCUT2D eigenvalue weighted by molar-refractivity contribution is -0.150. The fraction of sp³-hybridized carbons (Fsp3) is 0.211. The second-order valence-corrected chi connectivity index (χ2v) is 6.16. The third kappa shape index (κ3) is 6.27. The Balaban J connectivity index is 1.79. The summed E-state index contributed by atoms with van der Waals surface area (Å²) in [4.78, 5) is 35.5. The third-order valence-electron chi connectivity index (χ3n) is 3.25. The van der Waals surface area contributed by atoms with E-state index in [1.807, 2.05) is 25.1 Å². The highest BCUT2D eigenvalue weighted by Gasteiger charge is 2.14. The molecule has 0 unspecified atom stereocenters. The van der Waals surface area contributed by atoms with E-state index in [0.29, 0.717) is 16.4 Å². The average molecular weight is 389 g/mol. The molecule has 0 saturated carbocycles. The van der Waals surface area contributed by atoms with Gasteiger partial charge < -0.3 is 14.2 Å². The van der Waals surface area contributed by atoms with Crippen LogP contribution in [0.1, 0.15) is 22.2 Å². The Hall–Kier alpha value is -3.13. The molecule has 1 N–H and O–H groups in total. The number of imide groups is 1. The van der Waals surface area contributed by atoms with Crippen molar-refractivity contribution in [1.29, 1.82) is 0 Å². The Labute approximate surface area is 160 Å². The first-order valence-corrected chi connectivity index (χ1v) is 8.88. The van der Waals surface area contributed by atoms with Crippen molar-refractivity contribution in [3.63, 3.8) is 0 Å². The molecule has 2 aromatic rings. The first-order chi connectivity index (χ1) is 13.0. The summed E-state index contributed by atoms with van der Waals surface area (Å²) in [5.74, 6) is -1.14. The van der Waals surface area contributed by atoms with Crippen LogP contribution in [0.25, 0.3) is 6.08 Å². The molecule has 0 bridgehead atoms. The van der Waals surface area contributed by atoms with Gasteiger partial charge in [0.05, 0.1) is 12.0 Å². The van der Waals surface area contributed by atoms with E-state index in [1.54, 1.807) is 29.6 Å². The number of allylic oxidation sites excluding steroid dienone is 1. The number of thiophene rings is 1. The maximum Gasteiger partial charge on any atom is 0.344 e. The van der Waals surface area contributed by atoms with Crippen molar-refractivity contribution in [3.8, 4) is 11.5 Å². The van der Waals surface area contributed by atoms with E-state index in [4.69, 9.17) is 14.2 Å². The Morgan fingerprint density at radius 1 is 1.15 bits per heavy atom. The van der Waals surface area contributed by atoms with E-state index < -0.39 is 31.0 Å². The van der Waals surface area contributed by atoms with Crippen LogP contribution in [0.5, 0.6) is 11.5 Å². The number of benzene rings is 1. The highest BCUT2D eigenvalue weighted by Crippen LogP contribution is 2.28. The summed E-state index contributed by atoms with van der Waals surface area (Å²) in [6, 6.07) is 8.54. The fourth-order valence-corrected chi connectivity index (χ4v) is 2.67. The molecule has 27 heavy (non-hydrogen) atoms. The fourth-order valence-electron chi connectivity index (χ4n) is 2.06. The summed E-state index contributed by atoms with van der Waals surface area (Å²) in [7, 11) is 1.49. The molecule has 2 rings (SSSR count). The van der Waals surface area contributed by atoms with E-state index >= 15 is 0 Å². The second-order valence-electron chi connectivity index (χ2n) is 5.21. The highest BCUT2D eigenvalue weighted by molar-refractivity contribution is 7.12. The molecule has 2 amide bonds. The van der Waals surface area contributed by atoms with Gasteiger partial charge in [-0.2, -0.15) is 0 Å². The van der Waals surface area contributed by atoms with Crippen LogP contribution in [0.2, 0.25) is 0 Å². The number of carbonyl (C=O) groups excluding carboxylic acids is 3. The zero-order valence-corrected chi connectivity index (χ0v) is 15.7. The van der Waals surface area contributed by atoms with Crippen molar-refractivity contribution >= 4 is 35.2 Å². The van der Waals surface area contributed by atoms with Gasteiger partial charge in [0.2, 0.25) is 0 Å². The molecular formula is C19H19NO6S. The average Bonchev–Trinajstić information content (AvgIpc) is 3.20. The predicted molar refractivity (Wildman–Crippen MR) is 101 cm³/mol. The molecule has 0 fully saturated rings. The van der Waals surface area contributed by atoms with Crippen molar-refractivity contribution in [2.45, 2.75) is 6.92 Å². The highest BCUT2D eigenvalue weighted by atomic mass is 32.1. The standard InChI is InChI=1S/C19H19NO6S/c1-3-5-13-7-8-14(15(10-13)24-2)25-12-18(22)26-11-17(21)20-19(23)16-6-4-9-27-16/h3-10H,11-12H2,1-2H3,(H,20,21,23)/b5-3+. The lowest BCUT2D eigenvalue weighted by Crippen LogP contribution is -2.34. The Morgan fingerprint density at radius 3 is 2.63 bits per heavy atom. The number of nitrogens with one attached hydrogen (secondary N) is 1. The quantitative estimate of drug-likeness (QED) is 0.698. The largest absolute Gasteiger partial charge is 0.493 e. The van der Waals surface area contributed by atoms with Crippen LogP contribution >= 0.6 is 11.3 Å². The molecule has 0 saturated heterocycles. The maximum atomic E-state index is 11.7. The van der Waals surface area contributed by atoms with E-state index in [2.05, 4.69) is 5.32 Å². The maximum absolute atomic E-state index is 11.7. The number of ether oxygens (including phenoxy) is 3. The summed E-state index contributed by atoms with van der Waals surface area (Å²) in [5.41, 5.74) is 0.927. The predicted octanol–water partition coefficient (Wildman–Crippen LogP) is 2.67. The minimum absolute atomic E-state index is 0.375. The number of rotatable bonds is 8. The van der Waals surface area contributed by atoms with Gasteiger partial charge in [0.1, 0.15) is 0 Å². The van der Waals surface area contributed by atoms with Crippen molar-refractivity contribution < 1.29 is 28.6 Å². The first kappa shape index (κ1) is 20.2. The molecule has 0 aliphatic heterocycles. The van der Waals surface area contributed by atoms with E-state index in [0.717, 1.165) is 5.56 Å². The van der Waals surface area contributed by atoms with Gasteiger partial charge in [-0.15, -0.1) is 11.3 Å². The lowest BCUT2D eigenvalue weighted by Gasteiger charge is -2.11. The minimum Gasteiger partial charge on any atom is -0.493 e. The summed E-state index contributed by atoms with van der Waals surface area (Å²) in [5, 5.41) is 3.85. The molecule has 0 aliphatic rings. The second kappa shape index (κ2) is 10.1. The minimum atomic E-state index is -0.742. The smallest absolute Gasteiger partial charge is 0.344 e. The van der Waals surface area contributed by atoms with Crippen LogP contribution in [0.15, 0.2) is 41.8 Å². The number of hydrogen-bond acceptors (Lipinski definition) is 7. The number of carbonyl (C=O) groups is 3. The molecule has 0 atom stereocenters. The third-order valence-corrected chi connectivity index (χ3v) is 4.12. The molecule has 142 valence electrons. The van der Waals surface area contributed by atoms with Crippen LogP contribution in [-0.2, 0) is 14.3 Å². The van der Waals surface area contributed by atoms with E-state index in [9.17, 15) is 14.4 Å². The summed E-state index contributed by atoms with van der Waals surface area (Å²) in [6.07, 6.45) is 3.79. The Kier molecular flexibility index (Phi) is 7.57. The van der Waals surface area contributed by atoms with Crippen molar-refractivity contribution in [2.75, 3.05) is 20.3 Å². The zero-order chi connectivity index (χ0) is 19.6. The van der Waals surface area contributed by atoms with Gasteiger partial charge in [0.15, 0.2) is 24.7 Å². The topological polar surface area (TPSA) is 90.9 Å². The molecule has 1 aromatic carbocycles. The molecule has 0 spiro atoms. The first-order valence-electron chi connectivity index (χ1n) is 8.00. The summed E-state index contributed by atoms with van der Waals surface area (Å²) in [6.45, 7) is 0.930. The van der Waals surface area contributed by atoms with Crippen LogP contribution in [0.4, 0.5) is 0 Å². The molecule has 1 heterocycles. The number of amides is 2. The van der Waals surface area contributed by atoms with Gasteiger partial charge >= 0.3 is 5.97 Å².